The number of hydrogen-bond donors (Lipinski definition) is 1. The minimum atomic E-state index is -0.228. The molecule has 0 radical (unpaired) electrons. The summed E-state index contributed by atoms with van der Waals surface area (Å²) in [4.78, 5) is 0. The molecule has 0 saturated carbocycles. The minimum Gasteiger partial charge on any atom is -0.368 e. The number of halogens is 2. The van der Waals surface area contributed by atoms with Crippen molar-refractivity contribution in [2.45, 2.75) is 19.3 Å². The Balaban J connectivity index is 1.69. The molecule has 0 bridgehead atoms. The lowest BCUT2D eigenvalue weighted by atomic mass is 9.84. The van der Waals surface area contributed by atoms with Crippen molar-refractivity contribution in [2.75, 3.05) is 11.9 Å². The Hall–Kier alpha value is -2.46. The predicted octanol–water partition coefficient (Wildman–Crippen LogP) is 5.33. The first kappa shape index (κ1) is 17.4. The fraction of sp³-hybridized carbons (Fsp3) is 0.200. The van der Waals surface area contributed by atoms with E-state index in [1.807, 2.05) is 48.5 Å². The molecule has 2 aromatic carbocycles. The summed E-state index contributed by atoms with van der Waals surface area (Å²) in [5.74, 6) is 0.458. The molecule has 0 amide bonds. The first-order chi connectivity index (χ1) is 12.0. The number of nitrogens with zero attached hydrogens (tertiary/aromatic N) is 2. The lowest BCUT2D eigenvalue weighted by molar-refractivity contribution is 0.552. The Morgan fingerprint density at radius 2 is 1.68 bits per heavy atom. The summed E-state index contributed by atoms with van der Waals surface area (Å²) in [6.45, 7) is 4.84. The molecule has 0 atom stereocenters. The predicted molar refractivity (Wildman–Crippen MR) is 100 cm³/mol. The fourth-order valence-corrected chi connectivity index (χ4v) is 2.79. The smallest absolute Gasteiger partial charge is 0.148 e. The Bertz CT molecular complexity index is 846. The molecule has 128 valence electrons. The Kier molecular flexibility index (Phi) is 5.00. The zero-order valence-corrected chi connectivity index (χ0v) is 14.9. The van der Waals surface area contributed by atoms with Gasteiger partial charge < -0.3 is 5.32 Å². The van der Waals surface area contributed by atoms with E-state index in [1.165, 1.54) is 12.1 Å². The van der Waals surface area contributed by atoms with Gasteiger partial charge in [-0.15, -0.1) is 10.2 Å². The highest BCUT2D eigenvalue weighted by atomic mass is 35.5. The molecule has 0 aliphatic rings. The van der Waals surface area contributed by atoms with Crippen LogP contribution < -0.4 is 5.32 Å². The molecular formula is C20H19ClFN3. The van der Waals surface area contributed by atoms with Crippen LogP contribution in [0.15, 0.2) is 60.7 Å². The SMILES string of the molecule is CC(C)(CNc1ccc(-c2ccccc2Cl)nn1)c1ccc(F)cc1. The molecule has 0 spiro atoms. The number of nitrogens with one attached hydrogen (secondary N) is 1. The van der Waals surface area contributed by atoms with E-state index in [2.05, 4.69) is 29.4 Å². The van der Waals surface area contributed by atoms with Crippen LogP contribution in [0.5, 0.6) is 0 Å². The quantitative estimate of drug-likeness (QED) is 0.672. The van der Waals surface area contributed by atoms with Gasteiger partial charge >= 0.3 is 0 Å². The lowest BCUT2D eigenvalue weighted by Gasteiger charge is -2.25. The van der Waals surface area contributed by atoms with Gasteiger partial charge in [-0.2, -0.15) is 0 Å². The second-order valence-corrected chi connectivity index (χ2v) is 6.94. The van der Waals surface area contributed by atoms with E-state index < -0.39 is 0 Å². The highest BCUT2D eigenvalue weighted by molar-refractivity contribution is 6.33. The lowest BCUT2D eigenvalue weighted by Crippen LogP contribution is -2.28. The van der Waals surface area contributed by atoms with Crippen LogP contribution in [0.25, 0.3) is 11.3 Å². The van der Waals surface area contributed by atoms with Crippen LogP contribution in [0.4, 0.5) is 10.2 Å². The topological polar surface area (TPSA) is 37.8 Å². The van der Waals surface area contributed by atoms with Crippen molar-refractivity contribution >= 4 is 17.4 Å². The zero-order valence-electron chi connectivity index (χ0n) is 14.1. The third-order valence-corrected chi connectivity index (χ3v) is 4.48. The van der Waals surface area contributed by atoms with Gasteiger partial charge in [0.05, 0.1) is 10.7 Å². The first-order valence-corrected chi connectivity index (χ1v) is 8.42. The van der Waals surface area contributed by atoms with Crippen LogP contribution in [0.1, 0.15) is 19.4 Å². The molecule has 0 saturated heterocycles. The average Bonchev–Trinajstić information content (AvgIpc) is 2.61. The molecule has 1 heterocycles. The summed E-state index contributed by atoms with van der Waals surface area (Å²) in [6.07, 6.45) is 0. The molecule has 0 unspecified atom stereocenters. The number of rotatable bonds is 5. The van der Waals surface area contributed by atoms with E-state index in [0.29, 0.717) is 17.4 Å². The number of anilines is 1. The van der Waals surface area contributed by atoms with Gasteiger partial charge in [0.25, 0.3) is 0 Å². The second-order valence-electron chi connectivity index (χ2n) is 6.53. The van der Waals surface area contributed by atoms with Crippen molar-refractivity contribution in [3.8, 4) is 11.3 Å². The van der Waals surface area contributed by atoms with Crippen LogP contribution in [0.2, 0.25) is 5.02 Å². The maximum Gasteiger partial charge on any atom is 0.148 e. The van der Waals surface area contributed by atoms with Gasteiger partial charge in [-0.05, 0) is 35.9 Å². The summed E-state index contributed by atoms with van der Waals surface area (Å²) in [7, 11) is 0. The summed E-state index contributed by atoms with van der Waals surface area (Å²) >= 11 is 6.19. The molecule has 0 aliphatic heterocycles. The van der Waals surface area contributed by atoms with Crippen molar-refractivity contribution in [3.05, 3.63) is 77.1 Å². The standard InChI is InChI=1S/C20H19ClFN3/c1-20(2,14-7-9-15(22)10-8-14)13-23-19-12-11-18(24-25-19)16-5-3-4-6-17(16)21/h3-12H,13H2,1-2H3,(H,23,25). The van der Waals surface area contributed by atoms with Crippen LogP contribution >= 0.6 is 11.6 Å². The Labute approximate surface area is 151 Å². The molecule has 3 aromatic rings. The largest absolute Gasteiger partial charge is 0.368 e. The van der Waals surface area contributed by atoms with Gasteiger partial charge in [-0.3, -0.25) is 0 Å². The van der Waals surface area contributed by atoms with Gasteiger partial charge in [0.1, 0.15) is 11.6 Å². The number of hydrogen-bond acceptors (Lipinski definition) is 3. The van der Waals surface area contributed by atoms with Crippen LogP contribution in [0.3, 0.4) is 0 Å². The molecule has 25 heavy (non-hydrogen) atoms. The minimum absolute atomic E-state index is 0.170. The van der Waals surface area contributed by atoms with Crippen LogP contribution in [-0.2, 0) is 5.41 Å². The van der Waals surface area contributed by atoms with E-state index in [4.69, 9.17) is 11.6 Å². The molecule has 0 aliphatic carbocycles. The van der Waals surface area contributed by atoms with Gasteiger partial charge in [0, 0.05) is 17.5 Å². The molecule has 0 fully saturated rings. The Morgan fingerprint density at radius 3 is 2.32 bits per heavy atom. The van der Waals surface area contributed by atoms with Crippen molar-refractivity contribution < 1.29 is 4.39 Å². The van der Waals surface area contributed by atoms with Gasteiger partial charge in [0.15, 0.2) is 0 Å². The van der Waals surface area contributed by atoms with E-state index >= 15 is 0 Å². The molecule has 3 nitrogen and oxygen atoms in total. The van der Waals surface area contributed by atoms with E-state index in [-0.39, 0.29) is 11.2 Å². The van der Waals surface area contributed by atoms with Crippen LogP contribution in [0, 0.1) is 5.82 Å². The summed E-state index contributed by atoms with van der Waals surface area (Å²) in [6, 6.07) is 17.9. The van der Waals surface area contributed by atoms with E-state index in [9.17, 15) is 4.39 Å². The van der Waals surface area contributed by atoms with Crippen molar-refractivity contribution in [1.82, 2.24) is 10.2 Å². The summed E-state index contributed by atoms with van der Waals surface area (Å²) in [5, 5.41) is 12.4. The second kappa shape index (κ2) is 7.19. The van der Waals surface area contributed by atoms with Gasteiger partial charge in [-0.25, -0.2) is 4.39 Å². The molecular weight excluding hydrogens is 337 g/mol. The first-order valence-electron chi connectivity index (χ1n) is 8.04. The van der Waals surface area contributed by atoms with Gasteiger partial charge in [-0.1, -0.05) is 55.8 Å². The normalized spacial score (nSPS) is 11.4. The van der Waals surface area contributed by atoms with Crippen molar-refractivity contribution in [3.63, 3.8) is 0 Å². The Morgan fingerprint density at radius 1 is 0.960 bits per heavy atom. The average molecular weight is 356 g/mol. The molecule has 1 aromatic heterocycles. The van der Waals surface area contributed by atoms with Crippen molar-refractivity contribution in [2.24, 2.45) is 0 Å². The summed E-state index contributed by atoms with van der Waals surface area (Å²) < 4.78 is 13.1. The molecule has 3 rings (SSSR count). The molecule has 1 N–H and O–H groups in total. The fourth-order valence-electron chi connectivity index (χ4n) is 2.55. The number of aromatic nitrogens is 2. The maximum absolute atomic E-state index is 13.1. The monoisotopic (exact) mass is 355 g/mol. The zero-order chi connectivity index (χ0) is 17.9. The third-order valence-electron chi connectivity index (χ3n) is 4.15. The van der Waals surface area contributed by atoms with Crippen molar-refractivity contribution in [1.29, 1.82) is 0 Å². The van der Waals surface area contributed by atoms with Gasteiger partial charge in [0.2, 0.25) is 0 Å². The van der Waals surface area contributed by atoms with E-state index in [1.54, 1.807) is 0 Å². The molecule has 5 heteroatoms. The van der Waals surface area contributed by atoms with E-state index in [0.717, 1.165) is 16.8 Å². The number of benzene rings is 2. The highest BCUT2D eigenvalue weighted by Gasteiger charge is 2.20. The van der Waals surface area contributed by atoms with Crippen LogP contribution in [-0.4, -0.2) is 16.7 Å². The maximum atomic E-state index is 13.1. The summed E-state index contributed by atoms with van der Waals surface area (Å²) in [5.41, 5.74) is 2.47. The highest BCUT2D eigenvalue weighted by Crippen LogP contribution is 2.26. The third kappa shape index (κ3) is 4.15.